The summed E-state index contributed by atoms with van der Waals surface area (Å²) in [5, 5.41) is 0. The van der Waals surface area contributed by atoms with Gasteiger partial charge in [0.05, 0.1) is 12.5 Å². The SMILES string of the molecule is COC(=O)[C@@]1(C)CC[C@]2(C)CC[C@]3(C)C(=CC(=O)[C@@H]4[C@@]5(C)CC[C@H](OC(=O)[C@@H](N)CCCN)C(C)(C)[C@@H]5CC[C@]43C)[C@@H]2C1. The molecule has 5 aliphatic rings. The third kappa shape index (κ3) is 4.68. The maximum atomic E-state index is 14.6. The van der Waals surface area contributed by atoms with Crippen LogP contribution in [0.5, 0.6) is 0 Å². The Morgan fingerprint density at radius 1 is 0.977 bits per heavy atom. The molecular formula is C36H58N2O5. The van der Waals surface area contributed by atoms with E-state index in [9.17, 15) is 14.4 Å². The number of fused-ring (bicyclic) bond motifs is 7. The quantitative estimate of drug-likeness (QED) is 0.353. The van der Waals surface area contributed by atoms with Crippen LogP contribution in [0.25, 0.3) is 0 Å². The van der Waals surface area contributed by atoms with Crippen LogP contribution >= 0.6 is 0 Å². The Balaban J connectivity index is 1.47. The first-order chi connectivity index (χ1) is 19.9. The molecule has 10 atom stereocenters. The summed E-state index contributed by atoms with van der Waals surface area (Å²) in [5.41, 5.74) is 11.9. The van der Waals surface area contributed by atoms with Crippen molar-refractivity contribution in [3.05, 3.63) is 11.6 Å². The lowest BCUT2D eigenvalue weighted by Crippen LogP contribution is -2.67. The van der Waals surface area contributed by atoms with Crippen LogP contribution in [0.4, 0.5) is 0 Å². The third-order valence-electron chi connectivity index (χ3n) is 14.5. The zero-order valence-corrected chi connectivity index (χ0v) is 28.1. The van der Waals surface area contributed by atoms with Crippen molar-refractivity contribution in [2.75, 3.05) is 13.7 Å². The number of methoxy groups -OCH3 is 1. The van der Waals surface area contributed by atoms with Gasteiger partial charge in [-0.15, -0.1) is 0 Å². The zero-order valence-electron chi connectivity index (χ0n) is 28.1. The van der Waals surface area contributed by atoms with Crippen molar-refractivity contribution in [3.8, 4) is 0 Å². The molecule has 4 fully saturated rings. The fourth-order valence-electron chi connectivity index (χ4n) is 11.5. The van der Waals surface area contributed by atoms with E-state index in [1.54, 1.807) is 0 Å². The summed E-state index contributed by atoms with van der Waals surface area (Å²) in [4.78, 5) is 40.5. The molecule has 5 rings (SSSR count). The minimum absolute atomic E-state index is 0.0878. The minimum Gasteiger partial charge on any atom is -0.469 e. The van der Waals surface area contributed by atoms with Gasteiger partial charge < -0.3 is 20.9 Å². The van der Waals surface area contributed by atoms with E-state index < -0.39 is 11.5 Å². The molecule has 242 valence electrons. The molecule has 0 aromatic heterocycles. The molecule has 0 aromatic rings. The second kappa shape index (κ2) is 10.7. The van der Waals surface area contributed by atoms with Gasteiger partial charge in [-0.05, 0) is 124 Å². The van der Waals surface area contributed by atoms with Crippen LogP contribution in [0.2, 0.25) is 0 Å². The molecule has 43 heavy (non-hydrogen) atoms. The van der Waals surface area contributed by atoms with Gasteiger partial charge in [0, 0.05) is 11.3 Å². The number of carbonyl (C=O) groups is 3. The first-order valence-corrected chi connectivity index (χ1v) is 16.9. The van der Waals surface area contributed by atoms with Gasteiger partial charge in [0.2, 0.25) is 0 Å². The number of rotatable bonds is 6. The molecule has 0 aromatic carbocycles. The largest absolute Gasteiger partial charge is 0.469 e. The number of carbonyl (C=O) groups excluding carboxylic acids is 3. The van der Waals surface area contributed by atoms with Crippen LogP contribution in [-0.2, 0) is 23.9 Å². The van der Waals surface area contributed by atoms with E-state index in [0.29, 0.717) is 19.4 Å². The van der Waals surface area contributed by atoms with Crippen molar-refractivity contribution < 1.29 is 23.9 Å². The molecule has 0 bridgehead atoms. The lowest BCUT2D eigenvalue weighted by atomic mass is 9.33. The van der Waals surface area contributed by atoms with Crippen molar-refractivity contribution in [1.29, 1.82) is 0 Å². The minimum atomic E-state index is -0.649. The molecule has 7 heteroatoms. The van der Waals surface area contributed by atoms with Gasteiger partial charge in [0.15, 0.2) is 5.78 Å². The molecule has 0 unspecified atom stereocenters. The highest BCUT2D eigenvalue weighted by Gasteiger charge is 2.70. The van der Waals surface area contributed by atoms with Crippen LogP contribution in [0.15, 0.2) is 11.6 Å². The summed E-state index contributed by atoms with van der Waals surface area (Å²) in [6.07, 6.45) is 11.4. The fraction of sp³-hybridized carbons (Fsp3) is 0.861. The molecule has 0 radical (unpaired) electrons. The molecule has 4 saturated carbocycles. The van der Waals surface area contributed by atoms with Crippen molar-refractivity contribution in [3.63, 3.8) is 0 Å². The maximum Gasteiger partial charge on any atom is 0.323 e. The lowest BCUT2D eigenvalue weighted by Gasteiger charge is -2.70. The van der Waals surface area contributed by atoms with E-state index in [1.807, 2.05) is 0 Å². The molecule has 0 heterocycles. The van der Waals surface area contributed by atoms with Crippen molar-refractivity contribution in [1.82, 2.24) is 0 Å². The van der Waals surface area contributed by atoms with E-state index in [1.165, 1.54) is 12.7 Å². The fourth-order valence-corrected chi connectivity index (χ4v) is 11.5. The maximum absolute atomic E-state index is 14.6. The predicted molar refractivity (Wildman–Crippen MR) is 168 cm³/mol. The van der Waals surface area contributed by atoms with Crippen LogP contribution in [0, 0.1) is 50.2 Å². The summed E-state index contributed by atoms with van der Waals surface area (Å²) >= 11 is 0. The summed E-state index contributed by atoms with van der Waals surface area (Å²) in [6, 6.07) is -0.649. The van der Waals surface area contributed by atoms with Crippen molar-refractivity contribution in [2.45, 2.75) is 131 Å². The number of hydrogen-bond donors (Lipinski definition) is 2. The first-order valence-electron chi connectivity index (χ1n) is 16.9. The number of allylic oxidation sites excluding steroid dienone is 2. The van der Waals surface area contributed by atoms with Gasteiger partial charge in [-0.1, -0.05) is 47.1 Å². The number of esters is 2. The summed E-state index contributed by atoms with van der Waals surface area (Å²) in [5.74, 6) is 0.176. The highest BCUT2D eigenvalue weighted by molar-refractivity contribution is 5.95. The molecule has 0 aliphatic heterocycles. The highest BCUT2D eigenvalue weighted by Crippen LogP contribution is 2.75. The van der Waals surface area contributed by atoms with Crippen LogP contribution in [0.3, 0.4) is 0 Å². The normalized spacial score (nSPS) is 45.8. The van der Waals surface area contributed by atoms with Crippen LogP contribution in [0.1, 0.15) is 119 Å². The average molecular weight is 599 g/mol. The Kier molecular flexibility index (Phi) is 8.11. The third-order valence-corrected chi connectivity index (χ3v) is 14.5. The van der Waals surface area contributed by atoms with Crippen molar-refractivity contribution in [2.24, 2.45) is 61.7 Å². The summed E-state index contributed by atoms with van der Waals surface area (Å²) in [6.45, 7) is 16.6. The Bertz CT molecular complexity index is 1200. The molecule has 4 N–H and O–H groups in total. The highest BCUT2D eigenvalue weighted by atomic mass is 16.5. The van der Waals surface area contributed by atoms with Gasteiger partial charge in [0.25, 0.3) is 0 Å². The summed E-state index contributed by atoms with van der Waals surface area (Å²) < 4.78 is 11.4. The second-order valence-corrected chi connectivity index (χ2v) is 17.1. The first kappa shape index (κ1) is 32.7. The number of nitrogens with two attached hydrogens (primary N) is 2. The molecule has 7 nitrogen and oxygen atoms in total. The standard InChI is InChI=1S/C36H58N2O5/c1-31(2)26-11-14-36(7)28(34(26,5)13-12-27(31)43-29(40)24(38)10-9-19-37)25(39)20-22-23-21-33(4,30(41)42-8)16-15-32(23,3)17-18-35(22,36)6/h20,23-24,26-28H,9-19,21,37-38H2,1-8H3/t23-,24-,26-,27-,28+,32+,33-,34-,35+,36+/m0/s1. The van der Waals surface area contributed by atoms with Gasteiger partial charge in [-0.25, -0.2) is 0 Å². The Morgan fingerprint density at radius 3 is 2.30 bits per heavy atom. The zero-order chi connectivity index (χ0) is 31.8. The lowest BCUT2D eigenvalue weighted by molar-refractivity contribution is -0.211. The summed E-state index contributed by atoms with van der Waals surface area (Å²) in [7, 11) is 1.49. The van der Waals surface area contributed by atoms with Gasteiger partial charge in [0.1, 0.15) is 12.1 Å². The topological polar surface area (TPSA) is 122 Å². The molecular weight excluding hydrogens is 540 g/mol. The van der Waals surface area contributed by atoms with Crippen molar-refractivity contribution >= 4 is 17.7 Å². The van der Waals surface area contributed by atoms with E-state index >= 15 is 0 Å². The van der Waals surface area contributed by atoms with E-state index in [4.69, 9.17) is 20.9 Å². The molecule has 0 saturated heterocycles. The number of hydrogen-bond acceptors (Lipinski definition) is 7. The Hall–Kier alpha value is -1.73. The van der Waals surface area contributed by atoms with Crippen LogP contribution < -0.4 is 11.5 Å². The van der Waals surface area contributed by atoms with E-state index in [2.05, 4.69) is 54.5 Å². The average Bonchev–Trinajstić information content (AvgIpc) is 2.94. The van der Waals surface area contributed by atoms with Gasteiger partial charge in [-0.3, -0.25) is 14.4 Å². The molecule has 0 spiro atoms. The van der Waals surface area contributed by atoms with Gasteiger partial charge >= 0.3 is 11.9 Å². The number of ether oxygens (including phenoxy) is 2. The predicted octanol–water partition coefficient (Wildman–Crippen LogP) is 6.12. The van der Waals surface area contributed by atoms with E-state index in [0.717, 1.165) is 57.8 Å². The van der Waals surface area contributed by atoms with E-state index in [-0.39, 0.29) is 68.7 Å². The number of ketones is 1. The molecule has 0 amide bonds. The van der Waals surface area contributed by atoms with Crippen LogP contribution in [-0.4, -0.2) is 43.5 Å². The smallest absolute Gasteiger partial charge is 0.323 e. The Labute approximate surface area is 259 Å². The molecule has 5 aliphatic carbocycles. The Morgan fingerprint density at radius 2 is 1.65 bits per heavy atom. The monoisotopic (exact) mass is 598 g/mol. The van der Waals surface area contributed by atoms with Gasteiger partial charge in [-0.2, -0.15) is 0 Å². The second-order valence-electron chi connectivity index (χ2n) is 17.1.